The Morgan fingerprint density at radius 1 is 1.44 bits per heavy atom. The van der Waals surface area contributed by atoms with Gasteiger partial charge in [0.05, 0.1) is 11.9 Å². The van der Waals surface area contributed by atoms with Crippen LogP contribution in [0.2, 0.25) is 0 Å². The lowest BCUT2D eigenvalue weighted by Gasteiger charge is -2.12. The van der Waals surface area contributed by atoms with Crippen molar-refractivity contribution < 1.29 is 4.79 Å². The maximum absolute atomic E-state index is 11.9. The molecule has 1 amide bonds. The molecule has 1 aromatic heterocycles. The fourth-order valence-corrected chi connectivity index (χ4v) is 1.83. The minimum absolute atomic E-state index is 0.00704. The van der Waals surface area contributed by atoms with E-state index in [4.69, 9.17) is 5.73 Å². The van der Waals surface area contributed by atoms with Crippen molar-refractivity contribution in [1.82, 2.24) is 4.98 Å². The summed E-state index contributed by atoms with van der Waals surface area (Å²) in [6, 6.07) is 3.83. The average molecular weight is 314 g/mol. The van der Waals surface area contributed by atoms with Crippen LogP contribution in [0.25, 0.3) is 0 Å². The van der Waals surface area contributed by atoms with E-state index in [9.17, 15) is 4.79 Å². The summed E-state index contributed by atoms with van der Waals surface area (Å²) < 4.78 is 0.755. The Morgan fingerprint density at radius 3 is 2.72 bits per heavy atom. The second kappa shape index (κ2) is 7.48. The lowest BCUT2D eigenvalue weighted by atomic mass is 10.0. The van der Waals surface area contributed by atoms with E-state index in [0.29, 0.717) is 0 Å². The molecule has 100 valence electrons. The molecule has 0 aromatic carbocycles. The lowest BCUT2D eigenvalue weighted by Crippen LogP contribution is -2.21. The van der Waals surface area contributed by atoms with Crippen LogP contribution < -0.4 is 11.1 Å². The molecule has 18 heavy (non-hydrogen) atoms. The summed E-state index contributed by atoms with van der Waals surface area (Å²) in [5, 5.41) is 2.85. The Labute approximate surface area is 116 Å². The zero-order valence-corrected chi connectivity index (χ0v) is 12.4. The first-order chi connectivity index (χ1) is 8.49. The van der Waals surface area contributed by atoms with Crippen LogP contribution in [-0.4, -0.2) is 16.9 Å². The van der Waals surface area contributed by atoms with Gasteiger partial charge in [0.1, 0.15) is 4.60 Å². The Kier molecular flexibility index (Phi) is 6.29. The van der Waals surface area contributed by atoms with E-state index in [1.807, 2.05) is 19.9 Å². The van der Waals surface area contributed by atoms with E-state index >= 15 is 0 Å². The molecule has 0 aliphatic heterocycles. The highest BCUT2D eigenvalue weighted by Crippen LogP contribution is 2.14. The molecule has 0 fully saturated rings. The van der Waals surface area contributed by atoms with Gasteiger partial charge in [-0.1, -0.05) is 13.3 Å². The summed E-state index contributed by atoms with van der Waals surface area (Å²) >= 11 is 3.25. The number of nitrogens with one attached hydrogen (secondary N) is 1. The molecule has 1 aromatic rings. The highest BCUT2D eigenvalue weighted by atomic mass is 79.9. The molecular formula is C13H20BrN3O. The van der Waals surface area contributed by atoms with E-state index < -0.39 is 0 Å². The number of carbonyl (C=O) groups is 1. The highest BCUT2D eigenvalue weighted by Gasteiger charge is 2.13. The van der Waals surface area contributed by atoms with Crippen LogP contribution in [0.3, 0.4) is 0 Å². The molecule has 0 aliphatic rings. The Balaban J connectivity index is 2.37. The van der Waals surface area contributed by atoms with Crippen molar-refractivity contribution in [3.8, 4) is 0 Å². The molecule has 2 atom stereocenters. The van der Waals surface area contributed by atoms with Crippen LogP contribution in [0.5, 0.6) is 0 Å². The van der Waals surface area contributed by atoms with E-state index in [2.05, 4.69) is 26.2 Å². The summed E-state index contributed by atoms with van der Waals surface area (Å²) in [5.74, 6) is 0.0243. The lowest BCUT2D eigenvalue weighted by molar-refractivity contribution is -0.119. The minimum atomic E-state index is -0.00704. The van der Waals surface area contributed by atoms with E-state index in [-0.39, 0.29) is 17.9 Å². The average Bonchev–Trinajstić information content (AvgIpc) is 2.31. The predicted molar refractivity (Wildman–Crippen MR) is 77.2 cm³/mol. The molecule has 0 radical (unpaired) electrons. The first-order valence-electron chi connectivity index (χ1n) is 6.17. The Bertz CT molecular complexity index is 378. The number of anilines is 1. The highest BCUT2D eigenvalue weighted by molar-refractivity contribution is 9.10. The maximum Gasteiger partial charge on any atom is 0.227 e. The minimum Gasteiger partial charge on any atom is -0.328 e. The number of aromatic nitrogens is 1. The number of nitrogens with two attached hydrogens (primary N) is 1. The van der Waals surface area contributed by atoms with Crippen LogP contribution in [0.1, 0.15) is 33.1 Å². The SMILES string of the molecule is CC(N)CCCC(C)C(=O)Nc1ccc(Br)nc1. The molecule has 5 heteroatoms. The quantitative estimate of drug-likeness (QED) is 0.793. The van der Waals surface area contributed by atoms with Crippen molar-refractivity contribution >= 4 is 27.5 Å². The summed E-state index contributed by atoms with van der Waals surface area (Å²) in [6.07, 6.45) is 4.43. The van der Waals surface area contributed by atoms with Crippen LogP contribution in [-0.2, 0) is 4.79 Å². The Hall–Kier alpha value is -0.940. The molecule has 1 rings (SSSR count). The zero-order valence-electron chi connectivity index (χ0n) is 10.8. The normalized spacial score (nSPS) is 14.0. The number of rotatable bonds is 6. The molecule has 1 heterocycles. The molecule has 3 N–H and O–H groups in total. The fourth-order valence-electron chi connectivity index (χ4n) is 1.59. The van der Waals surface area contributed by atoms with Gasteiger partial charge in [-0.3, -0.25) is 4.79 Å². The zero-order chi connectivity index (χ0) is 13.5. The number of halogens is 1. The predicted octanol–water partition coefficient (Wildman–Crippen LogP) is 2.94. The van der Waals surface area contributed by atoms with Crippen LogP contribution in [0.15, 0.2) is 22.9 Å². The van der Waals surface area contributed by atoms with Crippen LogP contribution >= 0.6 is 15.9 Å². The smallest absolute Gasteiger partial charge is 0.227 e. The third kappa shape index (κ3) is 5.60. The van der Waals surface area contributed by atoms with Gasteiger partial charge in [-0.2, -0.15) is 0 Å². The second-order valence-electron chi connectivity index (χ2n) is 4.67. The van der Waals surface area contributed by atoms with Gasteiger partial charge >= 0.3 is 0 Å². The van der Waals surface area contributed by atoms with Crippen molar-refractivity contribution in [3.05, 3.63) is 22.9 Å². The number of carbonyl (C=O) groups excluding carboxylic acids is 1. The summed E-state index contributed by atoms with van der Waals surface area (Å²) in [4.78, 5) is 16.0. The number of pyridine rings is 1. The third-order valence-corrected chi connectivity index (χ3v) is 3.21. The summed E-state index contributed by atoms with van der Waals surface area (Å²) in [7, 11) is 0. The molecular weight excluding hydrogens is 294 g/mol. The van der Waals surface area contributed by atoms with Gasteiger partial charge < -0.3 is 11.1 Å². The molecule has 4 nitrogen and oxygen atoms in total. The van der Waals surface area contributed by atoms with E-state index in [1.54, 1.807) is 12.3 Å². The van der Waals surface area contributed by atoms with E-state index in [0.717, 1.165) is 29.6 Å². The van der Waals surface area contributed by atoms with Gasteiger partial charge in [0.2, 0.25) is 5.91 Å². The van der Waals surface area contributed by atoms with Crippen molar-refractivity contribution in [2.75, 3.05) is 5.32 Å². The first-order valence-corrected chi connectivity index (χ1v) is 6.96. The summed E-state index contributed by atoms with van der Waals surface area (Å²) in [6.45, 7) is 3.92. The Morgan fingerprint density at radius 2 is 2.17 bits per heavy atom. The number of hydrogen-bond acceptors (Lipinski definition) is 3. The van der Waals surface area contributed by atoms with E-state index in [1.165, 1.54) is 0 Å². The first kappa shape index (κ1) is 15.1. The number of hydrogen-bond donors (Lipinski definition) is 2. The van der Waals surface area contributed by atoms with Crippen molar-refractivity contribution in [2.45, 2.75) is 39.2 Å². The fraction of sp³-hybridized carbons (Fsp3) is 0.538. The van der Waals surface area contributed by atoms with Gasteiger partial charge in [0, 0.05) is 12.0 Å². The van der Waals surface area contributed by atoms with Gasteiger partial charge in [-0.15, -0.1) is 0 Å². The molecule has 0 aliphatic carbocycles. The van der Waals surface area contributed by atoms with Gasteiger partial charge in [-0.25, -0.2) is 4.98 Å². The van der Waals surface area contributed by atoms with Gasteiger partial charge in [0.15, 0.2) is 0 Å². The third-order valence-electron chi connectivity index (χ3n) is 2.74. The summed E-state index contributed by atoms with van der Waals surface area (Å²) in [5.41, 5.74) is 6.40. The standard InChI is InChI=1S/C13H20BrN3O/c1-9(4-3-5-10(2)15)13(18)17-11-6-7-12(14)16-8-11/h6-10H,3-5,15H2,1-2H3,(H,17,18). The van der Waals surface area contributed by atoms with Gasteiger partial charge in [-0.05, 0) is 47.8 Å². The molecule has 0 saturated carbocycles. The molecule has 0 saturated heterocycles. The van der Waals surface area contributed by atoms with Crippen LogP contribution in [0.4, 0.5) is 5.69 Å². The molecule has 0 bridgehead atoms. The van der Waals surface area contributed by atoms with Crippen molar-refractivity contribution in [3.63, 3.8) is 0 Å². The molecule has 0 spiro atoms. The van der Waals surface area contributed by atoms with Crippen molar-refractivity contribution in [2.24, 2.45) is 11.7 Å². The number of amides is 1. The topological polar surface area (TPSA) is 68.0 Å². The maximum atomic E-state index is 11.9. The second-order valence-corrected chi connectivity index (χ2v) is 5.48. The van der Waals surface area contributed by atoms with Crippen molar-refractivity contribution in [1.29, 1.82) is 0 Å². The largest absolute Gasteiger partial charge is 0.328 e. The van der Waals surface area contributed by atoms with Gasteiger partial charge in [0.25, 0.3) is 0 Å². The number of nitrogens with zero attached hydrogens (tertiary/aromatic N) is 1. The van der Waals surface area contributed by atoms with Crippen LogP contribution in [0, 0.1) is 5.92 Å². The molecule has 2 unspecified atom stereocenters. The monoisotopic (exact) mass is 313 g/mol.